The minimum absolute atomic E-state index is 0.522. The zero-order valence-electron chi connectivity index (χ0n) is 11.3. The molecule has 0 aromatic heterocycles. The zero-order valence-corrected chi connectivity index (χ0v) is 11.3. The first-order valence-electron chi connectivity index (χ1n) is 6.53. The third kappa shape index (κ3) is 2.63. The summed E-state index contributed by atoms with van der Waals surface area (Å²) in [5.41, 5.74) is 2.86. The predicted octanol–water partition coefficient (Wildman–Crippen LogP) is 3.49. The summed E-state index contributed by atoms with van der Waals surface area (Å²) in [6.07, 6.45) is 1.24. The van der Waals surface area contributed by atoms with E-state index in [2.05, 4.69) is 44.3 Å². The third-order valence-corrected chi connectivity index (χ3v) is 3.64. The second kappa shape index (κ2) is 5.09. The van der Waals surface area contributed by atoms with Gasteiger partial charge >= 0.3 is 0 Å². The van der Waals surface area contributed by atoms with Crippen LogP contribution in [0.1, 0.15) is 50.3 Å². The number of rotatable bonds is 3. The first-order valence-corrected chi connectivity index (χ1v) is 6.53. The lowest BCUT2D eigenvalue weighted by molar-refractivity contribution is 0.413. The summed E-state index contributed by atoms with van der Waals surface area (Å²) in [4.78, 5) is 0. The van der Waals surface area contributed by atoms with E-state index in [1.165, 1.54) is 17.5 Å². The summed E-state index contributed by atoms with van der Waals surface area (Å²) in [5, 5.41) is 3.61. The number of ether oxygens (including phenoxy) is 1. The number of methoxy groups -OCH3 is 1. The third-order valence-electron chi connectivity index (χ3n) is 3.64. The molecular formula is C15H23NO. The van der Waals surface area contributed by atoms with Crippen LogP contribution < -0.4 is 10.1 Å². The smallest absolute Gasteiger partial charge is 0.119 e. The maximum absolute atomic E-state index is 5.32. The van der Waals surface area contributed by atoms with E-state index in [1.807, 2.05) is 0 Å². The van der Waals surface area contributed by atoms with Crippen molar-refractivity contribution >= 4 is 0 Å². The molecule has 1 aliphatic heterocycles. The van der Waals surface area contributed by atoms with Crippen LogP contribution in [0.25, 0.3) is 0 Å². The average Bonchev–Trinajstić information content (AvgIpc) is 2.75. The van der Waals surface area contributed by atoms with E-state index in [0.717, 1.165) is 18.2 Å². The van der Waals surface area contributed by atoms with E-state index >= 15 is 0 Å². The Labute approximate surface area is 104 Å². The van der Waals surface area contributed by atoms with Crippen molar-refractivity contribution in [3.05, 3.63) is 29.3 Å². The molecule has 1 N–H and O–H groups in total. The molecule has 1 heterocycles. The minimum Gasteiger partial charge on any atom is -0.497 e. The molecule has 1 aromatic carbocycles. The summed E-state index contributed by atoms with van der Waals surface area (Å²) in [6, 6.07) is 7.01. The molecule has 2 atom stereocenters. The fraction of sp³-hybridized carbons (Fsp3) is 0.600. The topological polar surface area (TPSA) is 21.3 Å². The lowest BCUT2D eigenvalue weighted by Gasteiger charge is -2.19. The van der Waals surface area contributed by atoms with Crippen molar-refractivity contribution in [3.8, 4) is 5.75 Å². The summed E-state index contributed by atoms with van der Waals surface area (Å²) in [5.74, 6) is 2.28. The van der Waals surface area contributed by atoms with Crippen LogP contribution in [0.3, 0.4) is 0 Å². The molecule has 1 saturated heterocycles. The van der Waals surface area contributed by atoms with Crippen molar-refractivity contribution in [2.24, 2.45) is 5.92 Å². The van der Waals surface area contributed by atoms with Crippen molar-refractivity contribution in [2.75, 3.05) is 13.7 Å². The molecule has 2 unspecified atom stereocenters. The van der Waals surface area contributed by atoms with Gasteiger partial charge in [0.25, 0.3) is 0 Å². The molecule has 94 valence electrons. The van der Waals surface area contributed by atoms with Gasteiger partial charge in [-0.1, -0.05) is 26.8 Å². The van der Waals surface area contributed by atoms with Crippen LogP contribution in [-0.4, -0.2) is 13.7 Å². The fourth-order valence-corrected chi connectivity index (χ4v) is 2.65. The molecule has 0 radical (unpaired) electrons. The Bertz CT molecular complexity index is 387. The Balaban J connectivity index is 2.32. The predicted molar refractivity (Wildman–Crippen MR) is 71.6 cm³/mol. The highest BCUT2D eigenvalue weighted by molar-refractivity contribution is 5.39. The summed E-state index contributed by atoms with van der Waals surface area (Å²) >= 11 is 0. The molecule has 1 aromatic rings. The number of nitrogens with one attached hydrogen (secondary N) is 1. The van der Waals surface area contributed by atoms with Crippen molar-refractivity contribution in [1.29, 1.82) is 0 Å². The van der Waals surface area contributed by atoms with Crippen LogP contribution in [-0.2, 0) is 0 Å². The van der Waals surface area contributed by atoms with Crippen molar-refractivity contribution in [3.63, 3.8) is 0 Å². The monoisotopic (exact) mass is 233 g/mol. The Morgan fingerprint density at radius 2 is 2.12 bits per heavy atom. The minimum atomic E-state index is 0.522. The second-order valence-electron chi connectivity index (χ2n) is 5.45. The molecule has 2 heteroatoms. The van der Waals surface area contributed by atoms with E-state index in [1.54, 1.807) is 7.11 Å². The van der Waals surface area contributed by atoms with E-state index < -0.39 is 0 Å². The SMILES string of the molecule is COc1ccc(C2CC(C)CN2)c(C(C)C)c1. The Morgan fingerprint density at radius 3 is 2.65 bits per heavy atom. The maximum Gasteiger partial charge on any atom is 0.119 e. The Kier molecular flexibility index (Phi) is 3.72. The summed E-state index contributed by atoms with van der Waals surface area (Å²) in [6.45, 7) is 7.94. The molecule has 0 amide bonds. The van der Waals surface area contributed by atoms with Crippen molar-refractivity contribution < 1.29 is 4.74 Å². The van der Waals surface area contributed by atoms with Crippen molar-refractivity contribution in [1.82, 2.24) is 5.32 Å². The van der Waals surface area contributed by atoms with E-state index in [9.17, 15) is 0 Å². The normalized spacial score (nSPS) is 24.3. The number of hydrogen-bond acceptors (Lipinski definition) is 2. The van der Waals surface area contributed by atoms with Gasteiger partial charge in [0.05, 0.1) is 7.11 Å². The number of benzene rings is 1. The molecule has 0 bridgehead atoms. The van der Waals surface area contributed by atoms with Gasteiger partial charge in [-0.2, -0.15) is 0 Å². The average molecular weight is 233 g/mol. The Morgan fingerprint density at radius 1 is 1.35 bits per heavy atom. The molecule has 0 saturated carbocycles. The Hall–Kier alpha value is -1.02. The van der Waals surface area contributed by atoms with Crippen LogP contribution in [0.15, 0.2) is 18.2 Å². The van der Waals surface area contributed by atoms with Gasteiger partial charge in [0.15, 0.2) is 0 Å². The summed E-state index contributed by atoms with van der Waals surface area (Å²) < 4.78 is 5.32. The molecule has 1 aliphatic rings. The van der Waals surface area contributed by atoms with E-state index in [-0.39, 0.29) is 0 Å². The van der Waals surface area contributed by atoms with Crippen molar-refractivity contribution in [2.45, 2.75) is 39.2 Å². The molecular weight excluding hydrogens is 210 g/mol. The van der Waals surface area contributed by atoms with Gasteiger partial charge in [0.1, 0.15) is 5.75 Å². The van der Waals surface area contributed by atoms with Gasteiger partial charge < -0.3 is 10.1 Å². The fourth-order valence-electron chi connectivity index (χ4n) is 2.65. The van der Waals surface area contributed by atoms with Gasteiger partial charge in [-0.05, 0) is 48.1 Å². The van der Waals surface area contributed by atoms with E-state index in [4.69, 9.17) is 4.74 Å². The first-order chi connectivity index (χ1) is 8.11. The molecule has 17 heavy (non-hydrogen) atoms. The van der Waals surface area contributed by atoms with Crippen LogP contribution in [0, 0.1) is 5.92 Å². The van der Waals surface area contributed by atoms with Gasteiger partial charge in [0, 0.05) is 6.04 Å². The highest BCUT2D eigenvalue weighted by Gasteiger charge is 2.24. The number of hydrogen-bond donors (Lipinski definition) is 1. The molecule has 0 aliphatic carbocycles. The van der Waals surface area contributed by atoms with E-state index in [0.29, 0.717) is 12.0 Å². The van der Waals surface area contributed by atoms with Gasteiger partial charge in [-0.25, -0.2) is 0 Å². The second-order valence-corrected chi connectivity index (χ2v) is 5.45. The van der Waals surface area contributed by atoms with Crippen LogP contribution in [0.5, 0.6) is 5.75 Å². The van der Waals surface area contributed by atoms with Crippen LogP contribution in [0.2, 0.25) is 0 Å². The zero-order chi connectivity index (χ0) is 12.4. The maximum atomic E-state index is 5.32. The molecule has 0 spiro atoms. The quantitative estimate of drug-likeness (QED) is 0.863. The lowest BCUT2D eigenvalue weighted by atomic mass is 9.91. The van der Waals surface area contributed by atoms with Gasteiger partial charge in [-0.3, -0.25) is 0 Å². The first kappa shape index (κ1) is 12.4. The highest BCUT2D eigenvalue weighted by atomic mass is 16.5. The summed E-state index contributed by atoms with van der Waals surface area (Å²) in [7, 11) is 1.73. The largest absolute Gasteiger partial charge is 0.497 e. The molecule has 2 nitrogen and oxygen atoms in total. The standard InChI is InChI=1S/C15H23NO/c1-10(2)14-8-12(17-4)5-6-13(14)15-7-11(3)9-16-15/h5-6,8,10-11,15-16H,7,9H2,1-4H3. The van der Waals surface area contributed by atoms with Crippen LogP contribution >= 0.6 is 0 Å². The van der Waals surface area contributed by atoms with Gasteiger partial charge in [0.2, 0.25) is 0 Å². The highest BCUT2D eigenvalue weighted by Crippen LogP contribution is 2.34. The van der Waals surface area contributed by atoms with Gasteiger partial charge in [-0.15, -0.1) is 0 Å². The lowest BCUT2D eigenvalue weighted by Crippen LogP contribution is -2.15. The molecule has 1 fully saturated rings. The molecule has 2 rings (SSSR count). The van der Waals surface area contributed by atoms with Crippen LogP contribution in [0.4, 0.5) is 0 Å².